The quantitative estimate of drug-likeness (QED) is 0.602. The molecule has 2 nitrogen and oxygen atoms in total. The average molecular weight is 254 g/mol. The fraction of sp³-hybridized carbons (Fsp3) is 0.273. The molecule has 74 valence electrons. The maximum atomic E-state index is 10.2. The fourth-order valence-corrected chi connectivity index (χ4v) is 1.77. The minimum atomic E-state index is 0.237. The van der Waals surface area contributed by atoms with Crippen LogP contribution in [0.25, 0.3) is 0 Å². The number of aliphatic imine (C=N–C) groups is 1. The Hall–Kier alpha value is -0.960. The van der Waals surface area contributed by atoms with Crippen molar-refractivity contribution in [2.24, 2.45) is 4.99 Å². The molecule has 1 aromatic carbocycles. The molecule has 0 amide bonds. The predicted molar refractivity (Wildman–Crippen MR) is 62.0 cm³/mol. The normalized spacial score (nSPS) is 11.5. The van der Waals surface area contributed by atoms with Crippen LogP contribution in [0.1, 0.15) is 18.1 Å². The van der Waals surface area contributed by atoms with Crippen molar-refractivity contribution >= 4 is 27.9 Å². The third kappa shape index (κ3) is 2.77. The van der Waals surface area contributed by atoms with E-state index in [9.17, 15) is 4.79 Å². The second kappa shape index (κ2) is 5.05. The molecule has 0 aliphatic heterocycles. The zero-order valence-electron chi connectivity index (χ0n) is 8.25. The summed E-state index contributed by atoms with van der Waals surface area (Å²) in [6.07, 6.45) is 0.803. The van der Waals surface area contributed by atoms with E-state index in [4.69, 9.17) is 0 Å². The van der Waals surface area contributed by atoms with Crippen LogP contribution in [0.3, 0.4) is 0 Å². The summed E-state index contributed by atoms with van der Waals surface area (Å²) in [6.45, 7) is 4.18. The lowest BCUT2D eigenvalue weighted by Crippen LogP contribution is -1.99. The van der Waals surface area contributed by atoms with Crippen molar-refractivity contribution in [2.45, 2.75) is 13.8 Å². The smallest absolute Gasteiger partial charge is 0.141 e. The Kier molecular flexibility index (Phi) is 4.01. The Balaban J connectivity index is 3.01. The monoisotopic (exact) mass is 253 g/mol. The minimum Gasteiger partial charge on any atom is -0.301 e. The third-order valence-electron chi connectivity index (χ3n) is 1.98. The van der Waals surface area contributed by atoms with Crippen LogP contribution in [-0.4, -0.2) is 18.5 Å². The summed E-state index contributed by atoms with van der Waals surface area (Å²) in [5.41, 5.74) is 3.16. The molecule has 0 aromatic heterocycles. The summed E-state index contributed by atoms with van der Waals surface area (Å²) < 4.78 is 1.06. The largest absolute Gasteiger partial charge is 0.301 e. The van der Waals surface area contributed by atoms with E-state index in [1.165, 1.54) is 0 Å². The predicted octanol–water partition coefficient (Wildman–Crippen LogP) is 2.77. The molecule has 0 saturated heterocycles. The van der Waals surface area contributed by atoms with Crippen molar-refractivity contribution in [3.05, 3.63) is 33.8 Å². The van der Waals surface area contributed by atoms with E-state index >= 15 is 0 Å². The van der Waals surface area contributed by atoms with Gasteiger partial charge in [-0.2, -0.15) is 0 Å². The van der Waals surface area contributed by atoms with E-state index in [1.54, 1.807) is 0 Å². The van der Waals surface area contributed by atoms with Crippen LogP contribution < -0.4 is 0 Å². The lowest BCUT2D eigenvalue weighted by atomic mass is 10.1. The lowest BCUT2D eigenvalue weighted by Gasteiger charge is -2.05. The number of carbonyl (C=O) groups is 1. The van der Waals surface area contributed by atoms with Gasteiger partial charge in [0, 0.05) is 10.2 Å². The van der Waals surface area contributed by atoms with Crippen LogP contribution in [0.15, 0.2) is 27.7 Å². The van der Waals surface area contributed by atoms with E-state index in [2.05, 4.69) is 20.9 Å². The lowest BCUT2D eigenvalue weighted by molar-refractivity contribution is -0.106. The molecule has 0 bridgehead atoms. The molecule has 1 rings (SSSR count). The summed E-state index contributed by atoms with van der Waals surface area (Å²) in [7, 11) is 0. The zero-order valence-corrected chi connectivity index (χ0v) is 9.84. The molecule has 0 aliphatic rings. The summed E-state index contributed by atoms with van der Waals surface area (Å²) in [5, 5.41) is 0. The Bertz CT molecular complexity index is 372. The Labute approximate surface area is 92.2 Å². The number of carbonyl (C=O) groups excluding carboxylic acids is 1. The molecule has 0 radical (unpaired) electrons. The zero-order chi connectivity index (χ0) is 10.6. The Morgan fingerprint density at radius 2 is 2.29 bits per heavy atom. The highest BCUT2D eigenvalue weighted by Gasteiger charge is 2.01. The third-order valence-corrected chi connectivity index (χ3v) is 2.47. The van der Waals surface area contributed by atoms with Crippen LogP contribution in [0.4, 0.5) is 0 Å². The molecule has 0 fully saturated rings. The minimum absolute atomic E-state index is 0.237. The number of nitrogens with zero attached hydrogens (tertiary/aromatic N) is 1. The van der Waals surface area contributed by atoms with Crippen molar-refractivity contribution in [1.29, 1.82) is 0 Å². The van der Waals surface area contributed by atoms with Gasteiger partial charge in [-0.15, -0.1) is 0 Å². The standard InChI is InChI=1S/C11H12BrNO/c1-8-7-10(12)3-4-11(8)9(2)13-5-6-14/h3-4,6-7H,5H2,1-2H3. The molecular formula is C11H12BrNO. The van der Waals surface area contributed by atoms with Gasteiger partial charge in [0.05, 0.1) is 6.54 Å². The van der Waals surface area contributed by atoms with E-state index in [0.29, 0.717) is 0 Å². The first-order chi connectivity index (χ1) is 6.65. The average Bonchev–Trinajstić information content (AvgIpc) is 2.14. The second-order valence-electron chi connectivity index (χ2n) is 3.05. The molecule has 0 saturated carbocycles. The first kappa shape index (κ1) is 11.1. The molecule has 0 spiro atoms. The van der Waals surface area contributed by atoms with Crippen LogP contribution in [0.5, 0.6) is 0 Å². The van der Waals surface area contributed by atoms with Crippen LogP contribution in [0, 0.1) is 6.92 Å². The fourth-order valence-electron chi connectivity index (χ4n) is 1.29. The van der Waals surface area contributed by atoms with Gasteiger partial charge < -0.3 is 4.79 Å². The molecule has 0 unspecified atom stereocenters. The molecule has 3 heteroatoms. The molecule has 0 heterocycles. The maximum absolute atomic E-state index is 10.2. The first-order valence-electron chi connectivity index (χ1n) is 4.36. The highest BCUT2D eigenvalue weighted by molar-refractivity contribution is 9.10. The molecule has 0 aliphatic carbocycles. The van der Waals surface area contributed by atoms with E-state index in [1.807, 2.05) is 32.0 Å². The summed E-state index contributed by atoms with van der Waals surface area (Å²) in [4.78, 5) is 14.3. The second-order valence-corrected chi connectivity index (χ2v) is 3.97. The number of hydrogen-bond donors (Lipinski definition) is 0. The van der Waals surface area contributed by atoms with Gasteiger partial charge >= 0.3 is 0 Å². The van der Waals surface area contributed by atoms with Gasteiger partial charge in [0.2, 0.25) is 0 Å². The van der Waals surface area contributed by atoms with Gasteiger partial charge in [-0.3, -0.25) is 4.99 Å². The molecule has 1 aromatic rings. The molecule has 14 heavy (non-hydrogen) atoms. The van der Waals surface area contributed by atoms with Crippen molar-refractivity contribution in [1.82, 2.24) is 0 Å². The Morgan fingerprint density at radius 3 is 2.86 bits per heavy atom. The number of rotatable bonds is 3. The highest BCUT2D eigenvalue weighted by atomic mass is 79.9. The summed E-state index contributed by atoms with van der Waals surface area (Å²) in [5.74, 6) is 0. The van der Waals surface area contributed by atoms with E-state index < -0.39 is 0 Å². The van der Waals surface area contributed by atoms with Gasteiger partial charge in [-0.25, -0.2) is 0 Å². The van der Waals surface area contributed by atoms with Crippen LogP contribution >= 0.6 is 15.9 Å². The Morgan fingerprint density at radius 1 is 1.57 bits per heavy atom. The van der Waals surface area contributed by atoms with Crippen molar-refractivity contribution < 1.29 is 4.79 Å². The number of hydrogen-bond acceptors (Lipinski definition) is 2. The number of halogens is 1. The molecule has 0 atom stereocenters. The van der Waals surface area contributed by atoms with Crippen molar-refractivity contribution in [3.8, 4) is 0 Å². The van der Waals surface area contributed by atoms with E-state index in [0.717, 1.165) is 27.6 Å². The molecule has 0 N–H and O–H groups in total. The maximum Gasteiger partial charge on any atom is 0.141 e. The SMILES string of the molecule is CC(=NCC=O)c1ccc(Br)cc1C. The number of benzene rings is 1. The van der Waals surface area contributed by atoms with Crippen LogP contribution in [-0.2, 0) is 4.79 Å². The highest BCUT2D eigenvalue weighted by Crippen LogP contribution is 2.16. The first-order valence-corrected chi connectivity index (χ1v) is 5.15. The van der Waals surface area contributed by atoms with Crippen molar-refractivity contribution in [2.75, 3.05) is 6.54 Å². The van der Waals surface area contributed by atoms with Gasteiger partial charge in [-0.05, 0) is 37.1 Å². The summed E-state index contributed by atoms with van der Waals surface area (Å²) in [6, 6.07) is 6.01. The summed E-state index contributed by atoms with van der Waals surface area (Å²) >= 11 is 3.40. The van der Waals surface area contributed by atoms with Gasteiger partial charge in [-0.1, -0.05) is 22.0 Å². The van der Waals surface area contributed by atoms with E-state index in [-0.39, 0.29) is 6.54 Å². The number of aryl methyl sites for hydroxylation is 1. The van der Waals surface area contributed by atoms with Crippen molar-refractivity contribution in [3.63, 3.8) is 0 Å². The topological polar surface area (TPSA) is 29.4 Å². The van der Waals surface area contributed by atoms with Gasteiger partial charge in [0.25, 0.3) is 0 Å². The van der Waals surface area contributed by atoms with Gasteiger partial charge in [0.1, 0.15) is 6.29 Å². The van der Waals surface area contributed by atoms with Gasteiger partial charge in [0.15, 0.2) is 0 Å². The molecular weight excluding hydrogens is 242 g/mol. The van der Waals surface area contributed by atoms with Crippen LogP contribution in [0.2, 0.25) is 0 Å². The number of aldehydes is 1.